The second-order valence-electron chi connectivity index (χ2n) is 5.85. The Labute approximate surface area is 153 Å². The Morgan fingerprint density at radius 2 is 1.92 bits per heavy atom. The third-order valence-electron chi connectivity index (χ3n) is 3.81. The number of benzene rings is 2. The minimum absolute atomic E-state index is 0.0662. The van der Waals surface area contributed by atoms with Crippen LogP contribution in [0.3, 0.4) is 0 Å². The molecule has 0 saturated heterocycles. The first-order valence-corrected chi connectivity index (χ1v) is 9.40. The Bertz CT molecular complexity index is 951. The molecule has 1 aromatic heterocycles. The molecular formula is C20H18FNO3S. The molecule has 0 bridgehead atoms. The average molecular weight is 371 g/mol. The van der Waals surface area contributed by atoms with Crippen molar-refractivity contribution in [2.75, 3.05) is 0 Å². The van der Waals surface area contributed by atoms with Gasteiger partial charge < -0.3 is 9.73 Å². The van der Waals surface area contributed by atoms with Gasteiger partial charge in [0.15, 0.2) is 5.76 Å². The van der Waals surface area contributed by atoms with Crippen LogP contribution in [0.5, 0.6) is 0 Å². The Morgan fingerprint density at radius 1 is 1.12 bits per heavy atom. The summed E-state index contributed by atoms with van der Waals surface area (Å²) in [6, 6.07) is 16.9. The lowest BCUT2D eigenvalue weighted by Gasteiger charge is -2.04. The number of hydrogen-bond acceptors (Lipinski definition) is 3. The summed E-state index contributed by atoms with van der Waals surface area (Å²) in [5, 5.41) is 2.61. The number of rotatable bonds is 6. The molecule has 1 heterocycles. The van der Waals surface area contributed by atoms with Crippen LogP contribution in [0.1, 0.15) is 27.4 Å². The van der Waals surface area contributed by atoms with Crippen molar-refractivity contribution in [2.45, 2.75) is 24.1 Å². The molecular weight excluding hydrogens is 353 g/mol. The quantitative estimate of drug-likeness (QED) is 0.713. The molecule has 6 heteroatoms. The lowest BCUT2D eigenvalue weighted by Crippen LogP contribution is -2.22. The Morgan fingerprint density at radius 3 is 2.69 bits per heavy atom. The Hall–Kier alpha value is -2.73. The molecule has 134 valence electrons. The SMILES string of the molecule is Cc1cccc([S@@](=O)Cc2ccc(C(=O)NCc3ccccc3F)o2)c1. The van der Waals surface area contributed by atoms with Crippen molar-refractivity contribution in [1.29, 1.82) is 0 Å². The standard InChI is InChI=1S/C20H18FNO3S/c1-14-5-4-7-17(11-14)26(24)13-16-9-10-19(25-16)20(23)22-12-15-6-2-3-8-18(15)21/h2-11H,12-13H2,1H3,(H,22,23)/t26-/m0/s1. The van der Waals surface area contributed by atoms with Crippen LogP contribution in [-0.2, 0) is 23.1 Å². The Kier molecular flexibility index (Phi) is 5.63. The average Bonchev–Trinajstić information content (AvgIpc) is 3.09. The van der Waals surface area contributed by atoms with Crippen molar-refractivity contribution in [3.05, 3.63) is 89.1 Å². The second kappa shape index (κ2) is 8.10. The van der Waals surface area contributed by atoms with Gasteiger partial charge in [0.25, 0.3) is 5.91 Å². The van der Waals surface area contributed by atoms with Gasteiger partial charge in [-0.05, 0) is 42.8 Å². The van der Waals surface area contributed by atoms with Gasteiger partial charge in [-0.15, -0.1) is 0 Å². The third kappa shape index (κ3) is 4.46. The van der Waals surface area contributed by atoms with E-state index in [1.54, 1.807) is 30.3 Å². The van der Waals surface area contributed by atoms with Gasteiger partial charge in [-0.2, -0.15) is 0 Å². The topological polar surface area (TPSA) is 59.3 Å². The van der Waals surface area contributed by atoms with Gasteiger partial charge in [-0.25, -0.2) is 4.39 Å². The zero-order valence-electron chi connectivity index (χ0n) is 14.2. The van der Waals surface area contributed by atoms with Gasteiger partial charge in [0.2, 0.25) is 0 Å². The van der Waals surface area contributed by atoms with Gasteiger partial charge >= 0.3 is 0 Å². The predicted molar refractivity (Wildman–Crippen MR) is 97.6 cm³/mol. The molecule has 0 spiro atoms. The molecule has 1 N–H and O–H groups in total. The van der Waals surface area contributed by atoms with Crippen molar-refractivity contribution >= 4 is 16.7 Å². The molecule has 1 amide bonds. The number of amides is 1. The van der Waals surface area contributed by atoms with Crippen molar-refractivity contribution < 1.29 is 17.8 Å². The number of carbonyl (C=O) groups excluding carboxylic acids is 1. The van der Waals surface area contributed by atoms with E-state index in [0.29, 0.717) is 16.2 Å². The van der Waals surface area contributed by atoms with Gasteiger partial charge in [0, 0.05) is 17.0 Å². The van der Waals surface area contributed by atoms with Gasteiger partial charge in [0.05, 0.1) is 16.6 Å². The zero-order chi connectivity index (χ0) is 18.5. The van der Waals surface area contributed by atoms with E-state index in [4.69, 9.17) is 4.42 Å². The molecule has 0 fully saturated rings. The van der Waals surface area contributed by atoms with Crippen molar-refractivity contribution in [1.82, 2.24) is 5.32 Å². The lowest BCUT2D eigenvalue weighted by atomic mass is 10.2. The molecule has 26 heavy (non-hydrogen) atoms. The first kappa shape index (κ1) is 18.1. The van der Waals surface area contributed by atoms with E-state index < -0.39 is 16.7 Å². The largest absolute Gasteiger partial charge is 0.455 e. The molecule has 0 unspecified atom stereocenters. The van der Waals surface area contributed by atoms with Crippen LogP contribution in [0.25, 0.3) is 0 Å². The van der Waals surface area contributed by atoms with Crippen molar-refractivity contribution in [3.8, 4) is 0 Å². The first-order chi connectivity index (χ1) is 12.5. The highest BCUT2D eigenvalue weighted by Gasteiger charge is 2.14. The zero-order valence-corrected chi connectivity index (χ0v) is 15.0. The summed E-state index contributed by atoms with van der Waals surface area (Å²) in [6.45, 7) is 2.00. The molecule has 3 rings (SSSR count). The number of aryl methyl sites for hydroxylation is 1. The number of halogens is 1. The van der Waals surface area contributed by atoms with Crippen molar-refractivity contribution in [2.24, 2.45) is 0 Å². The first-order valence-electron chi connectivity index (χ1n) is 8.08. The molecule has 0 aliphatic heterocycles. The van der Waals surface area contributed by atoms with E-state index in [1.165, 1.54) is 12.1 Å². The highest BCUT2D eigenvalue weighted by molar-refractivity contribution is 7.84. The molecule has 0 aliphatic rings. The monoisotopic (exact) mass is 371 g/mol. The fourth-order valence-electron chi connectivity index (χ4n) is 2.45. The van der Waals surface area contributed by atoms with E-state index in [1.807, 2.05) is 25.1 Å². The lowest BCUT2D eigenvalue weighted by molar-refractivity contribution is 0.0921. The second-order valence-corrected chi connectivity index (χ2v) is 7.30. The van der Waals surface area contributed by atoms with Crippen LogP contribution >= 0.6 is 0 Å². The van der Waals surface area contributed by atoms with Crippen LogP contribution in [0.2, 0.25) is 0 Å². The van der Waals surface area contributed by atoms with E-state index in [0.717, 1.165) is 5.56 Å². The number of carbonyl (C=O) groups is 1. The smallest absolute Gasteiger partial charge is 0.287 e. The maximum atomic E-state index is 13.6. The van der Waals surface area contributed by atoms with E-state index in [-0.39, 0.29) is 23.9 Å². The van der Waals surface area contributed by atoms with Gasteiger partial charge in [-0.3, -0.25) is 9.00 Å². The summed E-state index contributed by atoms with van der Waals surface area (Å²) >= 11 is 0. The summed E-state index contributed by atoms with van der Waals surface area (Å²) in [5.41, 5.74) is 1.43. The number of hydrogen-bond donors (Lipinski definition) is 1. The molecule has 2 aromatic carbocycles. The third-order valence-corrected chi connectivity index (χ3v) is 5.13. The summed E-state index contributed by atoms with van der Waals surface area (Å²) in [4.78, 5) is 12.9. The van der Waals surface area contributed by atoms with Gasteiger partial charge in [0.1, 0.15) is 11.6 Å². The fourth-order valence-corrected chi connectivity index (χ4v) is 3.58. The number of furan rings is 1. The van der Waals surface area contributed by atoms with Crippen molar-refractivity contribution in [3.63, 3.8) is 0 Å². The molecule has 0 saturated carbocycles. The van der Waals surface area contributed by atoms with Crippen LogP contribution < -0.4 is 5.32 Å². The normalized spacial score (nSPS) is 11.9. The van der Waals surface area contributed by atoms with Gasteiger partial charge in [-0.1, -0.05) is 30.3 Å². The van der Waals surface area contributed by atoms with E-state index >= 15 is 0 Å². The molecule has 1 atom stereocenters. The highest BCUT2D eigenvalue weighted by atomic mass is 32.2. The molecule has 0 aliphatic carbocycles. The van der Waals surface area contributed by atoms with Crippen LogP contribution in [0, 0.1) is 12.7 Å². The summed E-state index contributed by atoms with van der Waals surface area (Å²) in [6.07, 6.45) is 0. The predicted octanol–water partition coefficient (Wildman–Crippen LogP) is 3.96. The maximum absolute atomic E-state index is 13.6. The van der Waals surface area contributed by atoms with Crippen LogP contribution in [0.4, 0.5) is 4.39 Å². The van der Waals surface area contributed by atoms with Crippen LogP contribution in [-0.4, -0.2) is 10.1 Å². The summed E-state index contributed by atoms with van der Waals surface area (Å²) in [7, 11) is -1.26. The number of nitrogens with one attached hydrogen (secondary N) is 1. The molecule has 4 nitrogen and oxygen atoms in total. The molecule has 0 radical (unpaired) electrons. The molecule has 3 aromatic rings. The minimum atomic E-state index is -1.26. The minimum Gasteiger partial charge on any atom is -0.455 e. The summed E-state index contributed by atoms with van der Waals surface area (Å²) < 4.78 is 31.5. The fraction of sp³-hybridized carbons (Fsp3) is 0.150. The Balaban J connectivity index is 1.61. The highest BCUT2D eigenvalue weighted by Crippen LogP contribution is 2.16. The van der Waals surface area contributed by atoms with E-state index in [2.05, 4.69) is 5.32 Å². The summed E-state index contributed by atoms with van der Waals surface area (Å²) in [5.74, 6) is -0.0647. The van der Waals surface area contributed by atoms with Crippen LogP contribution in [0.15, 0.2) is 70.0 Å². The van der Waals surface area contributed by atoms with E-state index in [9.17, 15) is 13.4 Å². The maximum Gasteiger partial charge on any atom is 0.287 e.